The maximum Gasteiger partial charge on any atom is 0.335 e. The van der Waals surface area contributed by atoms with Gasteiger partial charge in [0.15, 0.2) is 0 Å². The first-order chi connectivity index (χ1) is 10.1. The number of imidazole rings is 1. The first-order valence-electron chi connectivity index (χ1n) is 6.33. The number of fused-ring (bicyclic) bond motifs is 1. The van der Waals surface area contributed by atoms with Gasteiger partial charge in [-0.25, -0.2) is 9.78 Å². The number of aryl methyl sites for hydroxylation is 1. The minimum atomic E-state index is -0.985. The smallest absolute Gasteiger partial charge is 0.335 e. The van der Waals surface area contributed by atoms with Crippen LogP contribution in [-0.2, 0) is 0 Å². The molecular weight excluding hydrogens is 266 g/mol. The SMILES string of the molecule is Cc1nc2cc(C(=O)O)ccc2n1-c1ccccc1C#N. The van der Waals surface area contributed by atoms with Crippen LogP contribution < -0.4 is 0 Å². The van der Waals surface area contributed by atoms with Gasteiger partial charge in [-0.15, -0.1) is 0 Å². The van der Waals surface area contributed by atoms with Gasteiger partial charge in [0.1, 0.15) is 11.9 Å². The highest BCUT2D eigenvalue weighted by atomic mass is 16.4. The van der Waals surface area contributed by atoms with Crippen LogP contribution in [-0.4, -0.2) is 20.6 Å². The Balaban J connectivity index is 2.31. The summed E-state index contributed by atoms with van der Waals surface area (Å²) in [7, 11) is 0. The molecule has 0 amide bonds. The van der Waals surface area contributed by atoms with E-state index in [0.29, 0.717) is 16.9 Å². The summed E-state index contributed by atoms with van der Waals surface area (Å²) < 4.78 is 1.86. The normalized spacial score (nSPS) is 10.5. The molecule has 3 rings (SSSR count). The molecule has 0 bridgehead atoms. The van der Waals surface area contributed by atoms with E-state index in [0.717, 1.165) is 11.2 Å². The zero-order chi connectivity index (χ0) is 15.0. The molecule has 0 aliphatic carbocycles. The number of carboxylic acids is 1. The topological polar surface area (TPSA) is 78.9 Å². The van der Waals surface area contributed by atoms with Gasteiger partial charge in [0.25, 0.3) is 0 Å². The molecule has 3 aromatic rings. The largest absolute Gasteiger partial charge is 0.478 e. The Labute approximate surface area is 120 Å². The average molecular weight is 277 g/mol. The Kier molecular flexibility index (Phi) is 2.92. The quantitative estimate of drug-likeness (QED) is 0.781. The molecule has 0 fully saturated rings. The maximum absolute atomic E-state index is 11.0. The zero-order valence-electron chi connectivity index (χ0n) is 11.2. The van der Waals surface area contributed by atoms with Crippen LogP contribution in [0.15, 0.2) is 42.5 Å². The van der Waals surface area contributed by atoms with Gasteiger partial charge in [0, 0.05) is 0 Å². The third kappa shape index (κ3) is 2.03. The molecule has 0 saturated carbocycles. The predicted octanol–water partition coefficient (Wildman–Crippen LogP) is 2.90. The molecule has 0 saturated heterocycles. The number of benzene rings is 2. The molecule has 0 aliphatic heterocycles. The summed E-state index contributed by atoms with van der Waals surface area (Å²) in [5.74, 6) is -0.281. The number of aromatic carboxylic acids is 1. The minimum absolute atomic E-state index is 0.195. The molecule has 1 aromatic heterocycles. The number of carbonyl (C=O) groups is 1. The molecule has 21 heavy (non-hydrogen) atoms. The lowest BCUT2D eigenvalue weighted by Gasteiger charge is -2.08. The summed E-state index contributed by atoms with van der Waals surface area (Å²) in [4.78, 5) is 15.4. The molecule has 0 atom stereocenters. The van der Waals surface area contributed by atoms with Crippen molar-refractivity contribution in [2.24, 2.45) is 0 Å². The summed E-state index contributed by atoms with van der Waals surface area (Å²) >= 11 is 0. The number of aromatic nitrogens is 2. The number of rotatable bonds is 2. The number of hydrogen-bond donors (Lipinski definition) is 1. The van der Waals surface area contributed by atoms with Crippen LogP contribution in [0.2, 0.25) is 0 Å². The average Bonchev–Trinajstić information content (AvgIpc) is 2.81. The Morgan fingerprint density at radius 2 is 2.05 bits per heavy atom. The van der Waals surface area contributed by atoms with Crippen LogP contribution in [0.3, 0.4) is 0 Å². The first kappa shape index (κ1) is 12.9. The monoisotopic (exact) mass is 277 g/mol. The van der Waals surface area contributed by atoms with E-state index in [1.54, 1.807) is 18.2 Å². The second-order valence-electron chi connectivity index (χ2n) is 4.63. The molecule has 0 aliphatic rings. The van der Waals surface area contributed by atoms with E-state index in [2.05, 4.69) is 11.1 Å². The molecule has 102 valence electrons. The number of nitrogens with zero attached hydrogens (tertiary/aromatic N) is 3. The molecule has 0 spiro atoms. The van der Waals surface area contributed by atoms with Crippen molar-refractivity contribution < 1.29 is 9.90 Å². The summed E-state index contributed by atoms with van der Waals surface area (Å²) in [5, 5.41) is 18.3. The summed E-state index contributed by atoms with van der Waals surface area (Å²) in [6.45, 7) is 1.83. The van der Waals surface area contributed by atoms with Crippen LogP contribution in [0.4, 0.5) is 0 Å². The maximum atomic E-state index is 11.0. The van der Waals surface area contributed by atoms with Crippen molar-refractivity contribution in [2.75, 3.05) is 0 Å². The van der Waals surface area contributed by atoms with Crippen molar-refractivity contribution in [1.82, 2.24) is 9.55 Å². The van der Waals surface area contributed by atoms with E-state index >= 15 is 0 Å². The summed E-state index contributed by atoms with van der Waals surface area (Å²) in [6.07, 6.45) is 0. The van der Waals surface area contributed by atoms with Gasteiger partial charge < -0.3 is 5.11 Å². The molecule has 0 radical (unpaired) electrons. The van der Waals surface area contributed by atoms with Crippen LogP contribution >= 0.6 is 0 Å². The fourth-order valence-corrected chi connectivity index (χ4v) is 2.40. The van der Waals surface area contributed by atoms with Crippen LogP contribution in [0.1, 0.15) is 21.7 Å². The Morgan fingerprint density at radius 1 is 1.29 bits per heavy atom. The van der Waals surface area contributed by atoms with Crippen molar-refractivity contribution in [3.63, 3.8) is 0 Å². The van der Waals surface area contributed by atoms with E-state index in [1.165, 1.54) is 12.1 Å². The number of nitriles is 1. The molecule has 5 nitrogen and oxygen atoms in total. The minimum Gasteiger partial charge on any atom is -0.478 e. The van der Waals surface area contributed by atoms with Crippen LogP contribution in [0.25, 0.3) is 16.7 Å². The third-order valence-electron chi connectivity index (χ3n) is 3.33. The number of carboxylic acid groups (broad SMARTS) is 1. The van der Waals surface area contributed by atoms with Gasteiger partial charge in [0.05, 0.1) is 27.8 Å². The second kappa shape index (κ2) is 4.76. The van der Waals surface area contributed by atoms with Crippen molar-refractivity contribution >= 4 is 17.0 Å². The van der Waals surface area contributed by atoms with Crippen molar-refractivity contribution in [1.29, 1.82) is 5.26 Å². The molecule has 2 aromatic carbocycles. The van der Waals surface area contributed by atoms with E-state index in [9.17, 15) is 10.1 Å². The van der Waals surface area contributed by atoms with E-state index < -0.39 is 5.97 Å². The predicted molar refractivity (Wildman–Crippen MR) is 77.5 cm³/mol. The third-order valence-corrected chi connectivity index (χ3v) is 3.33. The highest BCUT2D eigenvalue weighted by Gasteiger charge is 2.14. The molecule has 1 heterocycles. The van der Waals surface area contributed by atoms with Crippen molar-refractivity contribution in [3.05, 3.63) is 59.4 Å². The molecule has 5 heteroatoms. The van der Waals surface area contributed by atoms with Gasteiger partial charge >= 0.3 is 5.97 Å². The standard InChI is InChI=1S/C16H11N3O2/c1-10-18-13-8-11(16(20)21)6-7-15(13)19(10)14-5-3-2-4-12(14)9-17/h2-8H,1H3,(H,20,21). The summed E-state index contributed by atoms with van der Waals surface area (Å²) in [6, 6.07) is 14.2. The van der Waals surface area contributed by atoms with Crippen molar-refractivity contribution in [3.8, 4) is 11.8 Å². The Hall–Kier alpha value is -3.13. The Morgan fingerprint density at radius 3 is 2.76 bits per heavy atom. The van der Waals surface area contributed by atoms with Crippen molar-refractivity contribution in [2.45, 2.75) is 6.92 Å². The zero-order valence-corrected chi connectivity index (χ0v) is 11.2. The highest BCUT2D eigenvalue weighted by molar-refractivity contribution is 5.93. The number of hydrogen-bond acceptors (Lipinski definition) is 3. The van der Waals surface area contributed by atoms with E-state index in [4.69, 9.17) is 5.11 Å². The molecule has 0 unspecified atom stereocenters. The Bertz CT molecular complexity index is 904. The lowest BCUT2D eigenvalue weighted by molar-refractivity contribution is 0.0697. The molecule has 1 N–H and O–H groups in total. The van der Waals surface area contributed by atoms with Crippen LogP contribution in [0, 0.1) is 18.3 Å². The fourth-order valence-electron chi connectivity index (χ4n) is 2.40. The van der Waals surface area contributed by atoms with Crippen LogP contribution in [0.5, 0.6) is 0 Å². The van der Waals surface area contributed by atoms with Gasteiger partial charge in [0.2, 0.25) is 0 Å². The van der Waals surface area contributed by atoms with Gasteiger partial charge in [-0.2, -0.15) is 5.26 Å². The number of para-hydroxylation sites is 1. The first-order valence-corrected chi connectivity index (χ1v) is 6.33. The van der Waals surface area contributed by atoms with Gasteiger partial charge in [-0.05, 0) is 37.3 Å². The summed E-state index contributed by atoms with van der Waals surface area (Å²) in [5.41, 5.74) is 2.85. The lowest BCUT2D eigenvalue weighted by Crippen LogP contribution is -2.00. The van der Waals surface area contributed by atoms with Gasteiger partial charge in [-0.3, -0.25) is 4.57 Å². The highest BCUT2D eigenvalue weighted by Crippen LogP contribution is 2.24. The van der Waals surface area contributed by atoms with E-state index in [1.807, 2.05) is 23.6 Å². The van der Waals surface area contributed by atoms with E-state index in [-0.39, 0.29) is 5.56 Å². The van der Waals surface area contributed by atoms with Gasteiger partial charge in [-0.1, -0.05) is 12.1 Å². The lowest BCUT2D eigenvalue weighted by atomic mass is 10.1. The second-order valence-corrected chi connectivity index (χ2v) is 4.63. The molecular formula is C16H11N3O2. The fraction of sp³-hybridized carbons (Fsp3) is 0.0625.